The lowest BCUT2D eigenvalue weighted by Crippen LogP contribution is -2.15. The van der Waals surface area contributed by atoms with Gasteiger partial charge in [-0.3, -0.25) is 4.72 Å². The number of nitrogens with one attached hydrogen (secondary N) is 1. The third-order valence-corrected chi connectivity index (χ3v) is 4.23. The number of anilines is 2. The highest BCUT2D eigenvalue weighted by Crippen LogP contribution is 2.23. The SMILES string of the molecule is Cc1cc(F)c(N)cc1S(=O)(=O)Nc1nnns1. The van der Waals surface area contributed by atoms with Crippen LogP contribution in [0.5, 0.6) is 0 Å². The van der Waals surface area contributed by atoms with Crippen molar-refractivity contribution in [3.63, 3.8) is 0 Å². The first kappa shape index (κ1) is 12.6. The maximum atomic E-state index is 13.2. The summed E-state index contributed by atoms with van der Waals surface area (Å²) in [5.74, 6) is -0.663. The van der Waals surface area contributed by atoms with E-state index in [-0.39, 0.29) is 21.3 Å². The molecule has 96 valence electrons. The number of aryl methyl sites for hydroxylation is 1. The molecule has 0 unspecified atom stereocenters. The van der Waals surface area contributed by atoms with Crippen molar-refractivity contribution in [3.05, 3.63) is 23.5 Å². The van der Waals surface area contributed by atoms with Gasteiger partial charge in [-0.05, 0) is 29.8 Å². The number of hydrogen-bond donors (Lipinski definition) is 2. The molecular formula is C8H8FN5O2S2. The number of aromatic nitrogens is 3. The van der Waals surface area contributed by atoms with Gasteiger partial charge in [0, 0.05) is 11.5 Å². The predicted octanol–water partition coefficient (Wildman–Crippen LogP) is 0.764. The molecule has 0 aliphatic rings. The van der Waals surface area contributed by atoms with Crippen molar-refractivity contribution >= 4 is 32.4 Å². The molecule has 0 bridgehead atoms. The Bertz CT molecular complexity index is 671. The van der Waals surface area contributed by atoms with E-state index < -0.39 is 15.8 Å². The van der Waals surface area contributed by atoms with Crippen molar-refractivity contribution in [1.82, 2.24) is 14.8 Å². The zero-order valence-corrected chi connectivity index (χ0v) is 10.7. The minimum Gasteiger partial charge on any atom is -0.396 e. The second kappa shape index (κ2) is 4.46. The van der Waals surface area contributed by atoms with Crippen LogP contribution >= 0.6 is 11.5 Å². The molecule has 0 amide bonds. The molecule has 2 rings (SSSR count). The molecule has 10 heteroatoms. The van der Waals surface area contributed by atoms with E-state index in [1.54, 1.807) is 0 Å². The highest BCUT2D eigenvalue weighted by Gasteiger charge is 2.20. The number of hydrogen-bond acceptors (Lipinski definition) is 7. The molecule has 1 aromatic carbocycles. The molecular weight excluding hydrogens is 281 g/mol. The van der Waals surface area contributed by atoms with Gasteiger partial charge >= 0.3 is 0 Å². The second-order valence-corrected chi connectivity index (χ2v) is 5.80. The molecule has 18 heavy (non-hydrogen) atoms. The zero-order valence-electron chi connectivity index (χ0n) is 9.08. The van der Waals surface area contributed by atoms with Crippen molar-refractivity contribution in [2.24, 2.45) is 0 Å². The van der Waals surface area contributed by atoms with Crippen LogP contribution < -0.4 is 10.5 Å². The van der Waals surface area contributed by atoms with Gasteiger partial charge in [0.25, 0.3) is 10.0 Å². The highest BCUT2D eigenvalue weighted by molar-refractivity contribution is 7.93. The maximum absolute atomic E-state index is 13.2. The molecule has 0 spiro atoms. The molecule has 0 saturated carbocycles. The summed E-state index contributed by atoms with van der Waals surface area (Å²) in [6.07, 6.45) is 0. The molecule has 0 saturated heterocycles. The largest absolute Gasteiger partial charge is 0.396 e. The number of halogens is 1. The van der Waals surface area contributed by atoms with Gasteiger partial charge in [0.1, 0.15) is 5.82 Å². The molecule has 1 heterocycles. The molecule has 1 aromatic heterocycles. The van der Waals surface area contributed by atoms with E-state index in [2.05, 4.69) is 19.5 Å². The van der Waals surface area contributed by atoms with Crippen LogP contribution in [0.3, 0.4) is 0 Å². The Morgan fingerprint density at radius 3 is 2.78 bits per heavy atom. The maximum Gasteiger partial charge on any atom is 0.264 e. The second-order valence-electron chi connectivity index (χ2n) is 3.41. The Labute approximate surface area is 106 Å². The third kappa shape index (κ3) is 2.38. The normalized spacial score (nSPS) is 11.4. The lowest BCUT2D eigenvalue weighted by molar-refractivity contribution is 0.599. The van der Waals surface area contributed by atoms with Crippen molar-refractivity contribution in [2.45, 2.75) is 11.8 Å². The molecule has 2 aromatic rings. The van der Waals surface area contributed by atoms with E-state index in [9.17, 15) is 12.8 Å². The van der Waals surface area contributed by atoms with Crippen LogP contribution in [-0.4, -0.2) is 23.2 Å². The van der Waals surface area contributed by atoms with Gasteiger partial charge in [-0.25, -0.2) is 12.8 Å². The van der Waals surface area contributed by atoms with E-state index in [0.717, 1.165) is 23.7 Å². The van der Waals surface area contributed by atoms with Crippen LogP contribution in [0.4, 0.5) is 15.2 Å². The van der Waals surface area contributed by atoms with Crippen molar-refractivity contribution in [2.75, 3.05) is 10.5 Å². The van der Waals surface area contributed by atoms with E-state index in [4.69, 9.17) is 5.73 Å². The van der Waals surface area contributed by atoms with Crippen molar-refractivity contribution < 1.29 is 12.8 Å². The summed E-state index contributed by atoms with van der Waals surface area (Å²) >= 11 is 0.790. The molecule has 0 aliphatic heterocycles. The van der Waals surface area contributed by atoms with E-state index in [1.165, 1.54) is 6.92 Å². The van der Waals surface area contributed by atoms with Crippen LogP contribution in [0, 0.1) is 12.7 Å². The minimum absolute atomic E-state index is 0.0253. The Morgan fingerprint density at radius 1 is 1.44 bits per heavy atom. The number of benzene rings is 1. The molecule has 7 nitrogen and oxygen atoms in total. The topological polar surface area (TPSA) is 111 Å². The van der Waals surface area contributed by atoms with Crippen LogP contribution in [0.15, 0.2) is 17.0 Å². The minimum atomic E-state index is -3.88. The van der Waals surface area contributed by atoms with Crippen LogP contribution in [0.25, 0.3) is 0 Å². The van der Waals surface area contributed by atoms with E-state index in [0.29, 0.717) is 0 Å². The van der Waals surface area contributed by atoms with E-state index >= 15 is 0 Å². The summed E-state index contributed by atoms with van der Waals surface area (Å²) in [4.78, 5) is -0.114. The van der Waals surface area contributed by atoms with Crippen molar-refractivity contribution in [1.29, 1.82) is 0 Å². The monoisotopic (exact) mass is 289 g/mol. The average molecular weight is 289 g/mol. The number of nitrogen functional groups attached to an aromatic ring is 1. The lowest BCUT2D eigenvalue weighted by atomic mass is 10.2. The number of rotatable bonds is 3. The highest BCUT2D eigenvalue weighted by atomic mass is 32.2. The Hall–Kier alpha value is -1.81. The predicted molar refractivity (Wildman–Crippen MR) is 64.1 cm³/mol. The smallest absolute Gasteiger partial charge is 0.264 e. The summed E-state index contributed by atoms with van der Waals surface area (Å²) in [5.41, 5.74) is 5.36. The van der Waals surface area contributed by atoms with Gasteiger partial charge < -0.3 is 5.73 Å². The van der Waals surface area contributed by atoms with Gasteiger partial charge in [0.15, 0.2) is 0 Å². The number of sulfonamides is 1. The van der Waals surface area contributed by atoms with Crippen LogP contribution in [0.2, 0.25) is 0 Å². The molecule has 0 radical (unpaired) electrons. The fraction of sp³-hybridized carbons (Fsp3) is 0.125. The first-order valence-corrected chi connectivity index (χ1v) is 6.89. The van der Waals surface area contributed by atoms with E-state index in [1.807, 2.05) is 0 Å². The molecule has 0 fully saturated rings. The van der Waals surface area contributed by atoms with Gasteiger partial charge in [0.05, 0.1) is 10.6 Å². The van der Waals surface area contributed by atoms with Gasteiger partial charge in [0.2, 0.25) is 5.13 Å². The fourth-order valence-electron chi connectivity index (χ4n) is 1.30. The number of nitrogens with zero attached hydrogens (tertiary/aromatic N) is 3. The molecule has 3 N–H and O–H groups in total. The summed E-state index contributed by atoms with van der Waals surface area (Å²) in [5, 5.41) is 6.74. The van der Waals surface area contributed by atoms with Gasteiger partial charge in [-0.1, -0.05) is 9.59 Å². The van der Waals surface area contributed by atoms with Gasteiger partial charge in [-0.2, -0.15) is 0 Å². The van der Waals surface area contributed by atoms with Gasteiger partial charge in [-0.15, -0.1) is 0 Å². The average Bonchev–Trinajstić information content (AvgIpc) is 2.75. The quantitative estimate of drug-likeness (QED) is 0.807. The molecule has 0 aliphatic carbocycles. The summed E-state index contributed by atoms with van der Waals surface area (Å²) in [7, 11) is -3.88. The molecule has 0 atom stereocenters. The Morgan fingerprint density at radius 2 is 2.17 bits per heavy atom. The van der Waals surface area contributed by atoms with Crippen molar-refractivity contribution in [3.8, 4) is 0 Å². The number of nitrogens with two attached hydrogens (primary N) is 1. The zero-order chi connectivity index (χ0) is 13.3. The van der Waals surface area contributed by atoms with Crippen LogP contribution in [-0.2, 0) is 10.0 Å². The first-order valence-electron chi connectivity index (χ1n) is 4.63. The summed E-state index contributed by atoms with van der Waals surface area (Å²) < 4.78 is 42.8. The summed E-state index contributed by atoms with van der Waals surface area (Å²) in [6.45, 7) is 1.47. The lowest BCUT2D eigenvalue weighted by Gasteiger charge is -2.09. The fourth-order valence-corrected chi connectivity index (χ4v) is 3.15. The summed E-state index contributed by atoms with van der Waals surface area (Å²) in [6, 6.07) is 2.11. The Balaban J connectivity index is 2.44. The standard InChI is InChI=1S/C8H8FN5O2S2/c1-4-2-5(9)6(10)3-7(4)18(15,16)12-8-11-13-14-17-8/h2-3H,10H2,1H3,(H,11,12,14). The van der Waals surface area contributed by atoms with Crippen LogP contribution in [0.1, 0.15) is 5.56 Å². The third-order valence-electron chi connectivity index (χ3n) is 2.10. The Kier molecular flexibility index (Phi) is 3.13. The first-order chi connectivity index (χ1) is 8.40.